The van der Waals surface area contributed by atoms with Crippen molar-refractivity contribution in [3.8, 4) is 0 Å². The predicted molar refractivity (Wildman–Crippen MR) is 66.2 cm³/mol. The summed E-state index contributed by atoms with van der Waals surface area (Å²) in [4.78, 5) is 13.5. The second-order valence-corrected chi connectivity index (χ2v) is 5.26. The molecule has 1 aromatic carbocycles. The van der Waals surface area contributed by atoms with Gasteiger partial charge in [0.1, 0.15) is 6.04 Å². The molecule has 0 spiro atoms. The molecule has 1 aromatic rings. The van der Waals surface area contributed by atoms with Crippen molar-refractivity contribution in [1.82, 2.24) is 0 Å². The van der Waals surface area contributed by atoms with E-state index in [4.69, 9.17) is 0 Å². The van der Waals surface area contributed by atoms with E-state index < -0.39 is 5.97 Å². The Morgan fingerprint density at radius 3 is 2.94 bits per heavy atom. The Kier molecular flexibility index (Phi) is 2.35. The molecular weight excluding hydrogens is 214 g/mol. The normalized spacial score (nSPS) is 30.9. The molecule has 1 aliphatic carbocycles. The fraction of sp³-hybridized carbons (Fsp3) is 0.500. The Hall–Kier alpha value is -1.51. The number of hydrogen-bond acceptors (Lipinski definition) is 2. The summed E-state index contributed by atoms with van der Waals surface area (Å²) in [6.07, 6.45) is 3.26. The highest BCUT2D eigenvalue weighted by Gasteiger charge is 2.49. The van der Waals surface area contributed by atoms with Crippen LogP contribution in [0.3, 0.4) is 0 Å². The first-order valence-electron chi connectivity index (χ1n) is 6.24. The minimum atomic E-state index is -0.668. The molecule has 1 heterocycles. The molecule has 1 N–H and O–H groups in total. The maximum Gasteiger partial charge on any atom is 0.326 e. The van der Waals surface area contributed by atoms with E-state index in [0.29, 0.717) is 12.0 Å². The van der Waals surface area contributed by atoms with Crippen LogP contribution >= 0.6 is 0 Å². The standard InChI is InChI=1S/C14H17NO2/c1-9-3-2-4-11(7-9)15-12-6-5-10(8-12)13(15)14(16)17/h2-4,7,10,12-13H,5-6,8H2,1H3,(H,16,17). The summed E-state index contributed by atoms with van der Waals surface area (Å²) in [5.74, 6) is -0.322. The number of carboxylic acid groups (broad SMARTS) is 1. The molecule has 90 valence electrons. The van der Waals surface area contributed by atoms with Crippen LogP contribution in [0.4, 0.5) is 5.69 Å². The minimum Gasteiger partial charge on any atom is -0.480 e. The molecule has 1 saturated heterocycles. The van der Waals surface area contributed by atoms with E-state index in [-0.39, 0.29) is 6.04 Å². The van der Waals surface area contributed by atoms with Crippen LogP contribution in [0.15, 0.2) is 24.3 Å². The first-order valence-corrected chi connectivity index (χ1v) is 6.24. The third kappa shape index (κ3) is 1.61. The Balaban J connectivity index is 1.98. The minimum absolute atomic E-state index is 0.310. The molecule has 0 radical (unpaired) electrons. The van der Waals surface area contributed by atoms with Crippen LogP contribution in [0.1, 0.15) is 24.8 Å². The van der Waals surface area contributed by atoms with Crippen molar-refractivity contribution in [3.63, 3.8) is 0 Å². The van der Waals surface area contributed by atoms with Gasteiger partial charge in [0.25, 0.3) is 0 Å². The maximum absolute atomic E-state index is 11.4. The number of aryl methyl sites for hydroxylation is 1. The van der Waals surface area contributed by atoms with Crippen molar-refractivity contribution in [1.29, 1.82) is 0 Å². The first-order chi connectivity index (χ1) is 8.16. The summed E-state index contributed by atoms with van der Waals surface area (Å²) >= 11 is 0. The van der Waals surface area contributed by atoms with Gasteiger partial charge in [0.05, 0.1) is 0 Å². The van der Waals surface area contributed by atoms with E-state index in [9.17, 15) is 9.90 Å². The molecule has 3 nitrogen and oxygen atoms in total. The number of aliphatic carboxylic acids is 1. The first kappa shape index (κ1) is 10.6. The molecule has 3 unspecified atom stereocenters. The van der Waals surface area contributed by atoms with Crippen LogP contribution in [0.5, 0.6) is 0 Å². The lowest BCUT2D eigenvalue weighted by Gasteiger charge is -2.34. The second-order valence-electron chi connectivity index (χ2n) is 5.26. The third-order valence-corrected chi connectivity index (χ3v) is 4.14. The van der Waals surface area contributed by atoms with E-state index in [1.54, 1.807) is 0 Å². The molecule has 1 aliphatic heterocycles. The summed E-state index contributed by atoms with van der Waals surface area (Å²) in [6, 6.07) is 8.31. The van der Waals surface area contributed by atoms with Crippen LogP contribution in [0.25, 0.3) is 0 Å². The maximum atomic E-state index is 11.4. The number of anilines is 1. The monoisotopic (exact) mass is 231 g/mol. The highest BCUT2D eigenvalue weighted by molar-refractivity contribution is 5.80. The molecule has 2 bridgehead atoms. The van der Waals surface area contributed by atoms with Gasteiger partial charge in [0.2, 0.25) is 0 Å². The zero-order valence-corrected chi connectivity index (χ0v) is 9.97. The van der Waals surface area contributed by atoms with E-state index in [1.807, 2.05) is 25.1 Å². The molecule has 2 fully saturated rings. The molecule has 17 heavy (non-hydrogen) atoms. The van der Waals surface area contributed by atoms with Crippen molar-refractivity contribution in [2.24, 2.45) is 5.92 Å². The number of rotatable bonds is 2. The van der Waals surface area contributed by atoms with Crippen LogP contribution < -0.4 is 4.90 Å². The number of benzene rings is 1. The summed E-state index contributed by atoms with van der Waals surface area (Å²) in [5.41, 5.74) is 2.26. The molecule has 3 atom stereocenters. The number of piperidine rings is 1. The summed E-state index contributed by atoms with van der Waals surface area (Å²) in [5, 5.41) is 9.39. The number of carbonyl (C=O) groups is 1. The van der Waals surface area contributed by atoms with Crippen molar-refractivity contribution >= 4 is 11.7 Å². The van der Waals surface area contributed by atoms with Gasteiger partial charge >= 0.3 is 5.97 Å². The van der Waals surface area contributed by atoms with Crippen LogP contribution in [-0.4, -0.2) is 23.2 Å². The Morgan fingerprint density at radius 2 is 2.24 bits per heavy atom. The van der Waals surface area contributed by atoms with Gasteiger partial charge in [-0.15, -0.1) is 0 Å². The van der Waals surface area contributed by atoms with Gasteiger partial charge in [-0.3, -0.25) is 0 Å². The van der Waals surface area contributed by atoms with Gasteiger partial charge in [-0.25, -0.2) is 4.79 Å². The van der Waals surface area contributed by atoms with Crippen LogP contribution in [0, 0.1) is 12.8 Å². The Labute approximate surface area is 101 Å². The highest BCUT2D eigenvalue weighted by Crippen LogP contribution is 2.44. The molecular formula is C14H17NO2. The predicted octanol–water partition coefficient (Wildman–Crippen LogP) is 2.44. The van der Waals surface area contributed by atoms with Gasteiger partial charge in [-0.2, -0.15) is 0 Å². The number of hydrogen-bond donors (Lipinski definition) is 1. The fourth-order valence-electron chi connectivity index (χ4n) is 3.47. The summed E-state index contributed by atoms with van der Waals surface area (Å²) in [6.45, 7) is 2.05. The van der Waals surface area contributed by atoms with E-state index in [2.05, 4.69) is 11.0 Å². The van der Waals surface area contributed by atoms with Gasteiger partial charge in [-0.05, 0) is 49.8 Å². The average molecular weight is 231 g/mol. The molecule has 2 aliphatic rings. The Bertz CT molecular complexity index is 457. The van der Waals surface area contributed by atoms with Gasteiger partial charge < -0.3 is 10.0 Å². The number of carboxylic acids is 1. The van der Waals surface area contributed by atoms with Gasteiger partial charge in [0, 0.05) is 11.7 Å². The lowest BCUT2D eigenvalue weighted by Crippen LogP contribution is -2.45. The fourth-order valence-corrected chi connectivity index (χ4v) is 3.47. The van der Waals surface area contributed by atoms with Crippen LogP contribution in [-0.2, 0) is 4.79 Å². The van der Waals surface area contributed by atoms with Gasteiger partial charge in [-0.1, -0.05) is 12.1 Å². The smallest absolute Gasteiger partial charge is 0.326 e. The molecule has 0 amide bonds. The topological polar surface area (TPSA) is 40.5 Å². The SMILES string of the molecule is Cc1cccc(N2C3CCC(C3)C2C(=O)O)c1. The molecule has 1 saturated carbocycles. The zero-order chi connectivity index (χ0) is 12.0. The molecule has 3 rings (SSSR count). The molecule has 3 heteroatoms. The van der Waals surface area contributed by atoms with Crippen molar-refractivity contribution < 1.29 is 9.90 Å². The van der Waals surface area contributed by atoms with Gasteiger partial charge in [0.15, 0.2) is 0 Å². The number of nitrogens with zero attached hydrogens (tertiary/aromatic N) is 1. The zero-order valence-electron chi connectivity index (χ0n) is 9.97. The average Bonchev–Trinajstić information content (AvgIpc) is 2.88. The van der Waals surface area contributed by atoms with Crippen molar-refractivity contribution in [2.45, 2.75) is 38.3 Å². The number of fused-ring (bicyclic) bond motifs is 2. The third-order valence-electron chi connectivity index (χ3n) is 4.14. The van der Waals surface area contributed by atoms with Crippen molar-refractivity contribution in [3.05, 3.63) is 29.8 Å². The molecule has 0 aromatic heterocycles. The largest absolute Gasteiger partial charge is 0.480 e. The highest BCUT2D eigenvalue weighted by atomic mass is 16.4. The Morgan fingerprint density at radius 1 is 1.41 bits per heavy atom. The van der Waals surface area contributed by atoms with Crippen molar-refractivity contribution in [2.75, 3.05) is 4.90 Å². The van der Waals surface area contributed by atoms with E-state index in [1.165, 1.54) is 5.56 Å². The lowest BCUT2D eigenvalue weighted by atomic mass is 9.98. The van der Waals surface area contributed by atoms with Crippen LogP contribution in [0.2, 0.25) is 0 Å². The van der Waals surface area contributed by atoms with E-state index in [0.717, 1.165) is 24.9 Å². The quantitative estimate of drug-likeness (QED) is 0.849. The van der Waals surface area contributed by atoms with E-state index >= 15 is 0 Å². The lowest BCUT2D eigenvalue weighted by molar-refractivity contribution is -0.139. The second kappa shape index (κ2) is 3.76. The summed E-state index contributed by atoms with van der Waals surface area (Å²) in [7, 11) is 0. The summed E-state index contributed by atoms with van der Waals surface area (Å²) < 4.78 is 0.